The number of hydrogen-bond acceptors (Lipinski definition) is 2. The highest BCUT2D eigenvalue weighted by Gasteiger charge is 2.43. The molecule has 0 aromatic rings. The summed E-state index contributed by atoms with van der Waals surface area (Å²) >= 11 is 0. The lowest BCUT2D eigenvalue weighted by Gasteiger charge is -2.51. The molecule has 3 unspecified atom stereocenters. The van der Waals surface area contributed by atoms with E-state index in [1.807, 2.05) is 0 Å². The third-order valence-corrected chi connectivity index (χ3v) is 5.18. The van der Waals surface area contributed by atoms with Crippen LogP contribution in [-0.2, 0) is 0 Å². The summed E-state index contributed by atoms with van der Waals surface area (Å²) in [5, 5.41) is 0. The van der Waals surface area contributed by atoms with E-state index in [9.17, 15) is 0 Å². The molecule has 1 aliphatic carbocycles. The zero-order valence-corrected chi connectivity index (χ0v) is 12.3. The molecule has 0 spiro atoms. The van der Waals surface area contributed by atoms with E-state index < -0.39 is 0 Å². The predicted octanol–water partition coefficient (Wildman–Crippen LogP) is 3.26. The third kappa shape index (κ3) is 3.23. The highest BCUT2D eigenvalue weighted by atomic mass is 15.2. The molecule has 1 rings (SSSR count). The second kappa shape index (κ2) is 6.75. The maximum atomic E-state index is 6.15. The lowest BCUT2D eigenvalue weighted by Crippen LogP contribution is -2.59. The van der Waals surface area contributed by atoms with Crippen molar-refractivity contribution in [1.29, 1.82) is 0 Å². The average Bonchev–Trinajstić information content (AvgIpc) is 2.33. The molecule has 2 N–H and O–H groups in total. The summed E-state index contributed by atoms with van der Waals surface area (Å²) in [6.45, 7) is 9.11. The van der Waals surface area contributed by atoms with Gasteiger partial charge in [-0.15, -0.1) is 0 Å². The van der Waals surface area contributed by atoms with Crippen molar-refractivity contribution in [2.75, 3.05) is 20.1 Å². The Kier molecular flexibility index (Phi) is 5.94. The van der Waals surface area contributed by atoms with Crippen LogP contribution in [0.15, 0.2) is 0 Å². The van der Waals surface area contributed by atoms with Crippen LogP contribution >= 0.6 is 0 Å². The van der Waals surface area contributed by atoms with Crippen LogP contribution in [0.1, 0.15) is 59.3 Å². The standard InChI is InChI=1S/C15H32N2/c1-5-6-7-11-17(4)15(12-16)10-8-9-13(2)14(15)3/h13-14H,5-12,16H2,1-4H3. The fourth-order valence-electron chi connectivity index (χ4n) is 3.54. The summed E-state index contributed by atoms with van der Waals surface area (Å²) in [6, 6.07) is 0. The maximum absolute atomic E-state index is 6.15. The molecule has 1 saturated carbocycles. The molecular weight excluding hydrogens is 208 g/mol. The van der Waals surface area contributed by atoms with Crippen LogP contribution in [-0.4, -0.2) is 30.6 Å². The number of nitrogens with two attached hydrogens (primary N) is 1. The Hall–Kier alpha value is -0.0800. The van der Waals surface area contributed by atoms with Gasteiger partial charge in [-0.3, -0.25) is 4.90 Å². The summed E-state index contributed by atoms with van der Waals surface area (Å²) in [6.07, 6.45) is 7.98. The van der Waals surface area contributed by atoms with Crippen molar-refractivity contribution in [2.45, 2.75) is 64.8 Å². The van der Waals surface area contributed by atoms with Gasteiger partial charge in [0.05, 0.1) is 0 Å². The minimum absolute atomic E-state index is 0.269. The van der Waals surface area contributed by atoms with E-state index in [1.165, 1.54) is 45.1 Å². The molecule has 17 heavy (non-hydrogen) atoms. The van der Waals surface area contributed by atoms with Crippen LogP contribution in [0.5, 0.6) is 0 Å². The van der Waals surface area contributed by atoms with Gasteiger partial charge in [-0.2, -0.15) is 0 Å². The van der Waals surface area contributed by atoms with Crippen molar-refractivity contribution in [3.8, 4) is 0 Å². The maximum Gasteiger partial charge on any atom is 0.0356 e. The monoisotopic (exact) mass is 240 g/mol. The van der Waals surface area contributed by atoms with Crippen molar-refractivity contribution in [2.24, 2.45) is 17.6 Å². The Balaban J connectivity index is 2.65. The molecule has 2 heteroatoms. The molecule has 0 saturated heterocycles. The molecule has 0 amide bonds. The van der Waals surface area contributed by atoms with Crippen LogP contribution in [0, 0.1) is 11.8 Å². The molecule has 0 aliphatic heterocycles. The molecule has 0 aromatic heterocycles. The first kappa shape index (κ1) is 15.0. The van der Waals surface area contributed by atoms with E-state index in [0.717, 1.165) is 18.4 Å². The molecule has 0 heterocycles. The van der Waals surface area contributed by atoms with Gasteiger partial charge in [0.25, 0.3) is 0 Å². The quantitative estimate of drug-likeness (QED) is 0.722. The van der Waals surface area contributed by atoms with Crippen LogP contribution in [0.3, 0.4) is 0 Å². The van der Waals surface area contributed by atoms with Crippen molar-refractivity contribution in [3.05, 3.63) is 0 Å². The van der Waals surface area contributed by atoms with Crippen LogP contribution < -0.4 is 5.73 Å². The Morgan fingerprint density at radius 2 is 2.00 bits per heavy atom. The molecule has 2 nitrogen and oxygen atoms in total. The van der Waals surface area contributed by atoms with Crippen LogP contribution in [0.2, 0.25) is 0 Å². The second-order valence-corrected chi connectivity index (χ2v) is 6.09. The molecule has 0 aromatic carbocycles. The minimum Gasteiger partial charge on any atom is -0.329 e. The van der Waals surface area contributed by atoms with E-state index in [0.29, 0.717) is 0 Å². The Bertz CT molecular complexity index is 217. The number of likely N-dealkylation sites (N-methyl/N-ethyl adjacent to an activating group) is 1. The summed E-state index contributed by atoms with van der Waals surface area (Å²) < 4.78 is 0. The summed E-state index contributed by atoms with van der Waals surface area (Å²) in [5.41, 5.74) is 6.42. The number of nitrogens with zero attached hydrogens (tertiary/aromatic N) is 1. The van der Waals surface area contributed by atoms with Crippen LogP contribution in [0.25, 0.3) is 0 Å². The molecule has 102 valence electrons. The van der Waals surface area contributed by atoms with Gasteiger partial charge in [-0.1, -0.05) is 46.5 Å². The van der Waals surface area contributed by atoms with Gasteiger partial charge >= 0.3 is 0 Å². The van der Waals surface area contributed by atoms with Gasteiger partial charge < -0.3 is 5.73 Å². The predicted molar refractivity (Wildman–Crippen MR) is 76.1 cm³/mol. The first-order chi connectivity index (χ1) is 8.08. The van der Waals surface area contributed by atoms with E-state index in [4.69, 9.17) is 5.73 Å². The van der Waals surface area contributed by atoms with Gasteiger partial charge in [-0.05, 0) is 38.3 Å². The SMILES string of the molecule is CCCCCN(C)C1(CN)CCCC(C)C1C. The first-order valence-electron chi connectivity index (χ1n) is 7.49. The van der Waals surface area contributed by atoms with Crippen LogP contribution in [0.4, 0.5) is 0 Å². The highest BCUT2D eigenvalue weighted by Crippen LogP contribution is 2.40. The van der Waals surface area contributed by atoms with Crippen molar-refractivity contribution in [1.82, 2.24) is 4.90 Å². The normalized spacial score (nSPS) is 34.2. The lowest BCUT2D eigenvalue weighted by molar-refractivity contribution is 0.00571. The van der Waals surface area contributed by atoms with Gasteiger partial charge in [0, 0.05) is 12.1 Å². The fourth-order valence-corrected chi connectivity index (χ4v) is 3.54. The largest absolute Gasteiger partial charge is 0.329 e. The van der Waals surface area contributed by atoms with E-state index in [2.05, 4.69) is 32.7 Å². The van der Waals surface area contributed by atoms with E-state index >= 15 is 0 Å². The van der Waals surface area contributed by atoms with E-state index in [1.54, 1.807) is 0 Å². The van der Waals surface area contributed by atoms with Gasteiger partial charge in [-0.25, -0.2) is 0 Å². The summed E-state index contributed by atoms with van der Waals surface area (Å²) in [4.78, 5) is 2.57. The van der Waals surface area contributed by atoms with Gasteiger partial charge in [0.15, 0.2) is 0 Å². The van der Waals surface area contributed by atoms with Crippen molar-refractivity contribution < 1.29 is 0 Å². The average molecular weight is 240 g/mol. The Morgan fingerprint density at radius 3 is 2.59 bits per heavy atom. The van der Waals surface area contributed by atoms with E-state index in [-0.39, 0.29) is 5.54 Å². The van der Waals surface area contributed by atoms with Gasteiger partial charge in [0.2, 0.25) is 0 Å². The Labute approximate surface area is 108 Å². The summed E-state index contributed by atoms with van der Waals surface area (Å²) in [7, 11) is 2.29. The number of unbranched alkanes of at least 4 members (excludes halogenated alkanes) is 2. The molecule has 1 aliphatic rings. The van der Waals surface area contributed by atoms with Crippen molar-refractivity contribution >= 4 is 0 Å². The summed E-state index contributed by atoms with van der Waals surface area (Å²) in [5.74, 6) is 1.55. The van der Waals surface area contributed by atoms with Crippen molar-refractivity contribution in [3.63, 3.8) is 0 Å². The molecule has 1 fully saturated rings. The van der Waals surface area contributed by atoms with Gasteiger partial charge in [0.1, 0.15) is 0 Å². The highest BCUT2D eigenvalue weighted by molar-refractivity contribution is 4.99. The molecule has 0 radical (unpaired) electrons. The topological polar surface area (TPSA) is 29.3 Å². The second-order valence-electron chi connectivity index (χ2n) is 6.09. The molecular formula is C15H32N2. The fraction of sp³-hybridized carbons (Fsp3) is 1.00. The minimum atomic E-state index is 0.269. The number of rotatable bonds is 6. The molecule has 0 bridgehead atoms. The zero-order valence-electron chi connectivity index (χ0n) is 12.3. The smallest absolute Gasteiger partial charge is 0.0356 e. The zero-order chi connectivity index (χ0) is 12.9. The first-order valence-corrected chi connectivity index (χ1v) is 7.49. The number of hydrogen-bond donors (Lipinski definition) is 1. The lowest BCUT2D eigenvalue weighted by atomic mass is 9.67. The Morgan fingerprint density at radius 1 is 1.29 bits per heavy atom. The third-order valence-electron chi connectivity index (χ3n) is 5.18. The molecule has 3 atom stereocenters.